The van der Waals surface area contributed by atoms with E-state index in [9.17, 15) is 4.79 Å². The van der Waals surface area contributed by atoms with Gasteiger partial charge in [0.15, 0.2) is 5.43 Å². The second-order valence-electron chi connectivity index (χ2n) is 5.80. The molecule has 2 aromatic rings. The molecule has 17 heavy (non-hydrogen) atoms. The molecule has 0 atom stereocenters. The van der Waals surface area contributed by atoms with Gasteiger partial charge in [-0.1, -0.05) is 26.0 Å². The van der Waals surface area contributed by atoms with Crippen molar-refractivity contribution in [3.8, 4) is 0 Å². The third kappa shape index (κ3) is 1.68. The molecule has 0 saturated heterocycles. The lowest BCUT2D eigenvalue weighted by atomic mass is 9.75. The van der Waals surface area contributed by atoms with E-state index >= 15 is 0 Å². The van der Waals surface area contributed by atoms with Crippen molar-refractivity contribution in [1.29, 1.82) is 0 Å². The zero-order chi connectivity index (χ0) is 12.0. The third-order valence-electron chi connectivity index (χ3n) is 3.80. The maximum atomic E-state index is 12.4. The van der Waals surface area contributed by atoms with Gasteiger partial charge in [-0.3, -0.25) is 4.79 Å². The van der Waals surface area contributed by atoms with Crippen LogP contribution in [0.5, 0.6) is 0 Å². The Kier molecular flexibility index (Phi) is 2.15. The van der Waals surface area contributed by atoms with Crippen molar-refractivity contribution in [2.45, 2.75) is 33.1 Å². The van der Waals surface area contributed by atoms with Gasteiger partial charge in [0.05, 0.1) is 0 Å². The van der Waals surface area contributed by atoms with E-state index < -0.39 is 0 Å². The second kappa shape index (κ2) is 3.46. The molecule has 0 amide bonds. The van der Waals surface area contributed by atoms with E-state index in [-0.39, 0.29) is 10.8 Å². The Balaban J connectivity index is 2.30. The summed E-state index contributed by atoms with van der Waals surface area (Å²) < 4.78 is 0. The van der Waals surface area contributed by atoms with Crippen molar-refractivity contribution in [2.24, 2.45) is 5.41 Å². The molecular weight excluding hydrogens is 210 g/mol. The van der Waals surface area contributed by atoms with E-state index in [1.165, 1.54) is 0 Å². The van der Waals surface area contributed by atoms with Gasteiger partial charge in [0.1, 0.15) is 0 Å². The zero-order valence-corrected chi connectivity index (χ0v) is 10.3. The van der Waals surface area contributed by atoms with Gasteiger partial charge < -0.3 is 4.98 Å². The molecule has 0 fully saturated rings. The van der Waals surface area contributed by atoms with Crippen LogP contribution in [0.1, 0.15) is 31.5 Å². The minimum atomic E-state index is 0.224. The van der Waals surface area contributed by atoms with Crippen LogP contribution in [-0.4, -0.2) is 4.98 Å². The lowest BCUT2D eigenvalue weighted by Gasteiger charge is -2.30. The van der Waals surface area contributed by atoms with E-state index in [4.69, 9.17) is 0 Å². The van der Waals surface area contributed by atoms with Crippen LogP contribution in [0.15, 0.2) is 29.1 Å². The summed E-state index contributed by atoms with van der Waals surface area (Å²) in [6, 6.07) is 7.79. The van der Waals surface area contributed by atoms with Crippen LogP contribution < -0.4 is 5.43 Å². The molecule has 0 saturated carbocycles. The molecule has 0 unspecified atom stereocenters. The highest BCUT2D eigenvalue weighted by molar-refractivity contribution is 5.79. The smallest absolute Gasteiger partial charge is 0.192 e. The highest BCUT2D eigenvalue weighted by Gasteiger charge is 2.27. The second-order valence-corrected chi connectivity index (χ2v) is 5.80. The summed E-state index contributed by atoms with van der Waals surface area (Å²) in [7, 11) is 0. The van der Waals surface area contributed by atoms with Crippen LogP contribution in [0.2, 0.25) is 0 Å². The lowest BCUT2D eigenvalue weighted by Crippen LogP contribution is -2.28. The lowest BCUT2D eigenvalue weighted by molar-refractivity contribution is 0.312. The Morgan fingerprint density at radius 1 is 1.24 bits per heavy atom. The van der Waals surface area contributed by atoms with Crippen molar-refractivity contribution >= 4 is 10.9 Å². The van der Waals surface area contributed by atoms with Crippen molar-refractivity contribution in [3.63, 3.8) is 0 Å². The number of nitrogens with one attached hydrogen (secondary N) is 1. The first-order valence-electron chi connectivity index (χ1n) is 6.20. The fourth-order valence-corrected chi connectivity index (χ4v) is 2.76. The summed E-state index contributed by atoms with van der Waals surface area (Å²) in [5.41, 5.74) is 3.59. The normalized spacial score (nSPS) is 18.0. The molecule has 88 valence electrons. The topological polar surface area (TPSA) is 32.9 Å². The quantitative estimate of drug-likeness (QED) is 0.737. The summed E-state index contributed by atoms with van der Waals surface area (Å²) in [6.45, 7) is 4.48. The van der Waals surface area contributed by atoms with Crippen molar-refractivity contribution in [3.05, 3.63) is 45.7 Å². The van der Waals surface area contributed by atoms with Crippen LogP contribution in [0, 0.1) is 5.41 Å². The van der Waals surface area contributed by atoms with Gasteiger partial charge in [0, 0.05) is 22.2 Å². The first kappa shape index (κ1) is 10.6. The monoisotopic (exact) mass is 227 g/mol. The molecule has 1 heterocycles. The number of fused-ring (bicyclic) bond motifs is 2. The number of aromatic amines is 1. The highest BCUT2D eigenvalue weighted by Crippen LogP contribution is 2.33. The number of aromatic nitrogens is 1. The number of para-hydroxylation sites is 1. The molecule has 0 radical (unpaired) electrons. The minimum absolute atomic E-state index is 0.224. The van der Waals surface area contributed by atoms with Gasteiger partial charge in [-0.2, -0.15) is 0 Å². The summed E-state index contributed by atoms with van der Waals surface area (Å²) in [6.07, 6.45) is 3.03. The number of aryl methyl sites for hydroxylation is 1. The summed E-state index contributed by atoms with van der Waals surface area (Å²) in [5, 5.41) is 0.823. The van der Waals surface area contributed by atoms with Crippen LogP contribution in [-0.2, 0) is 12.8 Å². The predicted octanol–water partition coefficient (Wildman–Crippen LogP) is 3.04. The van der Waals surface area contributed by atoms with Crippen LogP contribution in [0.4, 0.5) is 0 Å². The van der Waals surface area contributed by atoms with Crippen LogP contribution in [0.25, 0.3) is 10.9 Å². The molecule has 2 heteroatoms. The number of rotatable bonds is 0. The Labute approximate surface area is 101 Å². The van der Waals surface area contributed by atoms with E-state index in [0.29, 0.717) is 0 Å². The fraction of sp³-hybridized carbons (Fsp3) is 0.400. The van der Waals surface area contributed by atoms with E-state index in [1.54, 1.807) is 0 Å². The van der Waals surface area contributed by atoms with Crippen molar-refractivity contribution in [1.82, 2.24) is 4.98 Å². The summed E-state index contributed by atoms with van der Waals surface area (Å²) >= 11 is 0. The third-order valence-corrected chi connectivity index (χ3v) is 3.80. The summed E-state index contributed by atoms with van der Waals surface area (Å²) in [4.78, 5) is 15.9. The molecule has 1 aliphatic carbocycles. The largest absolute Gasteiger partial charge is 0.358 e. The average molecular weight is 227 g/mol. The van der Waals surface area contributed by atoms with Crippen molar-refractivity contribution in [2.75, 3.05) is 0 Å². The Bertz CT molecular complexity index is 637. The minimum Gasteiger partial charge on any atom is -0.358 e. The molecule has 0 spiro atoms. The average Bonchev–Trinajstić information content (AvgIpc) is 2.30. The van der Waals surface area contributed by atoms with Gasteiger partial charge in [0.25, 0.3) is 0 Å². The maximum Gasteiger partial charge on any atom is 0.192 e. The molecule has 3 rings (SSSR count). The maximum absolute atomic E-state index is 12.4. The first-order valence-corrected chi connectivity index (χ1v) is 6.20. The van der Waals surface area contributed by atoms with E-state index in [1.807, 2.05) is 24.3 Å². The fourth-order valence-electron chi connectivity index (χ4n) is 2.76. The van der Waals surface area contributed by atoms with Crippen molar-refractivity contribution < 1.29 is 0 Å². The Morgan fingerprint density at radius 2 is 2.00 bits per heavy atom. The van der Waals surface area contributed by atoms with E-state index in [2.05, 4.69) is 18.8 Å². The number of hydrogen-bond donors (Lipinski definition) is 1. The molecule has 1 aliphatic rings. The molecular formula is C15H17NO. The molecule has 0 aliphatic heterocycles. The SMILES string of the molecule is CC1(C)CCc2[nH]c3ccccc3c(=O)c2C1. The van der Waals surface area contributed by atoms with Gasteiger partial charge >= 0.3 is 0 Å². The van der Waals surface area contributed by atoms with Gasteiger partial charge in [-0.05, 0) is 36.8 Å². The molecule has 0 bridgehead atoms. The number of hydrogen-bond acceptors (Lipinski definition) is 1. The first-order chi connectivity index (χ1) is 8.07. The Hall–Kier alpha value is -1.57. The molecule has 1 aromatic carbocycles. The number of H-pyrrole nitrogens is 1. The number of pyridine rings is 1. The van der Waals surface area contributed by atoms with Gasteiger partial charge in [0.2, 0.25) is 0 Å². The van der Waals surface area contributed by atoms with Crippen LogP contribution >= 0.6 is 0 Å². The predicted molar refractivity (Wildman–Crippen MR) is 70.4 cm³/mol. The van der Waals surface area contributed by atoms with E-state index in [0.717, 1.165) is 41.4 Å². The van der Waals surface area contributed by atoms with Gasteiger partial charge in [-0.15, -0.1) is 0 Å². The molecule has 2 nitrogen and oxygen atoms in total. The zero-order valence-electron chi connectivity index (χ0n) is 10.3. The molecule has 1 aromatic heterocycles. The van der Waals surface area contributed by atoms with Crippen LogP contribution in [0.3, 0.4) is 0 Å². The molecule has 1 N–H and O–H groups in total. The number of benzene rings is 1. The Morgan fingerprint density at radius 3 is 2.82 bits per heavy atom. The summed E-state index contributed by atoms with van der Waals surface area (Å²) in [5.74, 6) is 0. The highest BCUT2D eigenvalue weighted by atomic mass is 16.1. The standard InChI is InChI=1S/C15H17NO/c1-15(2)8-7-13-11(9-15)14(17)10-5-3-4-6-12(10)16-13/h3-6H,7-9H2,1-2H3,(H,16,17). The van der Waals surface area contributed by atoms with Gasteiger partial charge in [-0.25, -0.2) is 0 Å².